The minimum atomic E-state index is 0.655. The van der Waals surface area contributed by atoms with Crippen molar-refractivity contribution in [3.63, 3.8) is 0 Å². The van der Waals surface area contributed by atoms with Crippen molar-refractivity contribution in [2.75, 3.05) is 25.4 Å². The molecule has 2 N–H and O–H groups in total. The molecule has 0 bridgehead atoms. The number of benzene rings is 1. The van der Waals surface area contributed by atoms with Crippen molar-refractivity contribution in [3.05, 3.63) is 29.3 Å². The fourth-order valence-electron chi connectivity index (χ4n) is 3.70. The fourth-order valence-corrected chi connectivity index (χ4v) is 3.70. The van der Waals surface area contributed by atoms with Crippen LogP contribution in [0.1, 0.15) is 37.3 Å². The zero-order chi connectivity index (χ0) is 14.1. The highest BCUT2D eigenvalue weighted by molar-refractivity contribution is 5.47. The highest BCUT2D eigenvalue weighted by atomic mass is 15.3. The second-order valence-corrected chi connectivity index (χ2v) is 6.61. The van der Waals surface area contributed by atoms with Crippen LogP contribution in [0.2, 0.25) is 0 Å². The van der Waals surface area contributed by atoms with Crippen molar-refractivity contribution in [1.29, 1.82) is 0 Å². The molecule has 2 aliphatic rings. The molecule has 3 heteroatoms. The first kappa shape index (κ1) is 13.9. The Hall–Kier alpha value is -1.06. The maximum absolute atomic E-state index is 5.92. The van der Waals surface area contributed by atoms with Gasteiger partial charge in [-0.1, -0.05) is 18.6 Å². The molecule has 0 aliphatic carbocycles. The van der Waals surface area contributed by atoms with Crippen molar-refractivity contribution in [1.82, 2.24) is 9.80 Å². The van der Waals surface area contributed by atoms with E-state index in [0.29, 0.717) is 6.04 Å². The van der Waals surface area contributed by atoms with Gasteiger partial charge in [-0.15, -0.1) is 0 Å². The van der Waals surface area contributed by atoms with Crippen molar-refractivity contribution in [2.45, 2.75) is 51.7 Å². The van der Waals surface area contributed by atoms with E-state index in [1.54, 1.807) is 0 Å². The van der Waals surface area contributed by atoms with Gasteiger partial charge in [0.2, 0.25) is 0 Å². The van der Waals surface area contributed by atoms with Gasteiger partial charge in [-0.25, -0.2) is 0 Å². The van der Waals surface area contributed by atoms with E-state index in [4.69, 9.17) is 5.73 Å². The van der Waals surface area contributed by atoms with E-state index < -0.39 is 0 Å². The Bertz CT molecular complexity index is 471. The Balaban J connectivity index is 1.68. The molecule has 20 heavy (non-hydrogen) atoms. The first-order valence-electron chi connectivity index (χ1n) is 7.96. The second-order valence-electron chi connectivity index (χ2n) is 6.61. The molecule has 0 amide bonds. The van der Waals surface area contributed by atoms with Crippen LogP contribution < -0.4 is 5.73 Å². The topological polar surface area (TPSA) is 32.5 Å². The molecule has 0 aromatic heterocycles. The first-order chi connectivity index (χ1) is 9.63. The lowest BCUT2D eigenvalue weighted by atomic mass is 9.96. The Kier molecular flexibility index (Phi) is 3.99. The number of piperidine rings is 1. The highest BCUT2D eigenvalue weighted by Crippen LogP contribution is 2.25. The zero-order valence-electron chi connectivity index (χ0n) is 12.8. The van der Waals surface area contributed by atoms with Crippen LogP contribution in [0.3, 0.4) is 0 Å². The third-order valence-electron chi connectivity index (χ3n) is 5.04. The van der Waals surface area contributed by atoms with Gasteiger partial charge in [0.1, 0.15) is 0 Å². The summed E-state index contributed by atoms with van der Waals surface area (Å²) >= 11 is 0. The number of piperazine rings is 1. The van der Waals surface area contributed by atoms with Gasteiger partial charge in [0.25, 0.3) is 0 Å². The van der Waals surface area contributed by atoms with Crippen molar-refractivity contribution in [2.24, 2.45) is 0 Å². The number of anilines is 1. The van der Waals surface area contributed by atoms with E-state index in [1.807, 2.05) is 6.07 Å². The van der Waals surface area contributed by atoms with Gasteiger partial charge in [0.05, 0.1) is 0 Å². The molecule has 0 radical (unpaired) electrons. The molecule has 3 nitrogen and oxygen atoms in total. The Labute approximate surface area is 122 Å². The normalized spacial score (nSPS) is 28.3. The number of rotatable bonds is 2. The summed E-state index contributed by atoms with van der Waals surface area (Å²) in [6.45, 7) is 9.30. The molecule has 2 saturated heterocycles. The molecule has 1 aromatic rings. The van der Waals surface area contributed by atoms with Crippen LogP contribution >= 0.6 is 0 Å². The SMILES string of the molecule is Cc1cc(CN2CC3CCCCN3CC2C)ccc1N. The summed E-state index contributed by atoms with van der Waals surface area (Å²) in [5.74, 6) is 0. The number of nitrogens with zero attached hydrogens (tertiary/aromatic N) is 2. The molecule has 2 heterocycles. The number of fused-ring (bicyclic) bond motifs is 1. The summed E-state index contributed by atoms with van der Waals surface area (Å²) in [5.41, 5.74) is 9.41. The Morgan fingerprint density at radius 2 is 2.10 bits per heavy atom. The zero-order valence-corrected chi connectivity index (χ0v) is 12.8. The summed E-state index contributed by atoms with van der Waals surface area (Å²) in [6.07, 6.45) is 4.18. The quantitative estimate of drug-likeness (QED) is 0.841. The average molecular weight is 273 g/mol. The monoisotopic (exact) mass is 273 g/mol. The molecule has 2 atom stereocenters. The number of nitrogens with two attached hydrogens (primary N) is 1. The minimum Gasteiger partial charge on any atom is -0.399 e. The Morgan fingerprint density at radius 3 is 2.90 bits per heavy atom. The van der Waals surface area contributed by atoms with Crippen LogP contribution in [-0.2, 0) is 6.54 Å². The third-order valence-corrected chi connectivity index (χ3v) is 5.04. The Morgan fingerprint density at radius 1 is 1.25 bits per heavy atom. The van der Waals surface area contributed by atoms with E-state index >= 15 is 0 Å². The van der Waals surface area contributed by atoms with Crippen LogP contribution in [0.25, 0.3) is 0 Å². The standard InChI is InChI=1S/C17H27N3/c1-13-9-15(6-7-17(13)18)11-20-12-16-5-3-4-8-19(16)10-14(20)2/h6-7,9,14,16H,3-5,8,10-12,18H2,1-2H3. The molecular weight excluding hydrogens is 246 g/mol. The smallest absolute Gasteiger partial charge is 0.0343 e. The maximum atomic E-state index is 5.92. The van der Waals surface area contributed by atoms with Gasteiger partial charge < -0.3 is 5.73 Å². The summed E-state index contributed by atoms with van der Waals surface area (Å²) in [5, 5.41) is 0. The van der Waals surface area contributed by atoms with E-state index in [9.17, 15) is 0 Å². The predicted octanol–water partition coefficient (Wildman–Crippen LogP) is 2.64. The first-order valence-corrected chi connectivity index (χ1v) is 7.96. The summed E-state index contributed by atoms with van der Waals surface area (Å²) in [6, 6.07) is 7.92. The largest absolute Gasteiger partial charge is 0.399 e. The van der Waals surface area contributed by atoms with Gasteiger partial charge in [0.15, 0.2) is 0 Å². The van der Waals surface area contributed by atoms with Gasteiger partial charge >= 0.3 is 0 Å². The lowest BCUT2D eigenvalue weighted by Gasteiger charge is -2.47. The van der Waals surface area contributed by atoms with Gasteiger partial charge in [-0.2, -0.15) is 0 Å². The van der Waals surface area contributed by atoms with Crippen molar-refractivity contribution in [3.8, 4) is 0 Å². The third kappa shape index (κ3) is 2.84. The molecule has 2 unspecified atom stereocenters. The van der Waals surface area contributed by atoms with Gasteiger partial charge in [-0.05, 0) is 50.4 Å². The number of hydrogen-bond donors (Lipinski definition) is 1. The molecule has 2 aliphatic heterocycles. The van der Waals surface area contributed by atoms with Gasteiger partial charge in [0, 0.05) is 37.4 Å². The van der Waals surface area contributed by atoms with E-state index in [-0.39, 0.29) is 0 Å². The molecule has 2 fully saturated rings. The molecule has 110 valence electrons. The summed E-state index contributed by atoms with van der Waals surface area (Å²) in [7, 11) is 0. The summed E-state index contributed by atoms with van der Waals surface area (Å²) < 4.78 is 0. The van der Waals surface area contributed by atoms with Crippen LogP contribution in [0.5, 0.6) is 0 Å². The van der Waals surface area contributed by atoms with Crippen molar-refractivity contribution < 1.29 is 0 Å². The summed E-state index contributed by atoms with van der Waals surface area (Å²) in [4.78, 5) is 5.36. The van der Waals surface area contributed by atoms with E-state index in [2.05, 4.69) is 35.8 Å². The van der Waals surface area contributed by atoms with Crippen molar-refractivity contribution >= 4 is 5.69 Å². The van der Waals surface area contributed by atoms with Crippen LogP contribution in [0.4, 0.5) is 5.69 Å². The molecular formula is C17H27N3. The molecule has 1 aromatic carbocycles. The van der Waals surface area contributed by atoms with E-state index in [0.717, 1.165) is 18.3 Å². The second kappa shape index (κ2) is 5.74. The molecule has 3 rings (SSSR count). The minimum absolute atomic E-state index is 0.655. The number of hydrogen-bond acceptors (Lipinski definition) is 3. The fraction of sp³-hybridized carbons (Fsp3) is 0.647. The molecule has 0 saturated carbocycles. The van der Waals surface area contributed by atoms with Gasteiger partial charge in [-0.3, -0.25) is 9.80 Å². The van der Waals surface area contributed by atoms with Crippen LogP contribution in [-0.4, -0.2) is 41.5 Å². The average Bonchev–Trinajstić information content (AvgIpc) is 2.44. The highest BCUT2D eigenvalue weighted by Gasteiger charge is 2.32. The van der Waals surface area contributed by atoms with Crippen LogP contribution in [0, 0.1) is 6.92 Å². The number of aryl methyl sites for hydroxylation is 1. The lowest BCUT2D eigenvalue weighted by molar-refractivity contribution is 0.0111. The molecule has 0 spiro atoms. The van der Waals surface area contributed by atoms with E-state index in [1.165, 1.54) is 50.0 Å². The predicted molar refractivity (Wildman–Crippen MR) is 84.7 cm³/mol. The van der Waals surface area contributed by atoms with Crippen LogP contribution in [0.15, 0.2) is 18.2 Å². The number of nitrogen functional groups attached to an aromatic ring is 1. The lowest BCUT2D eigenvalue weighted by Crippen LogP contribution is -2.58. The maximum Gasteiger partial charge on any atom is 0.0343 e.